The molecule has 1 aliphatic carbocycles. The molecule has 0 atom stereocenters. The van der Waals surface area contributed by atoms with Crippen molar-refractivity contribution in [3.8, 4) is 0 Å². The van der Waals surface area contributed by atoms with E-state index in [0.717, 1.165) is 29.7 Å². The summed E-state index contributed by atoms with van der Waals surface area (Å²) in [5.74, 6) is 0. The number of para-hydroxylation sites is 1. The zero-order valence-corrected chi connectivity index (χ0v) is 9.20. The van der Waals surface area contributed by atoms with E-state index in [1.807, 2.05) is 18.2 Å². The van der Waals surface area contributed by atoms with Crippen molar-refractivity contribution in [3.05, 3.63) is 30.5 Å². The van der Waals surface area contributed by atoms with Gasteiger partial charge in [0.2, 0.25) is 0 Å². The number of furan rings is 1. The van der Waals surface area contributed by atoms with Crippen LogP contribution in [0.15, 0.2) is 34.9 Å². The predicted octanol–water partition coefficient (Wildman–Crippen LogP) is 2.58. The van der Waals surface area contributed by atoms with Crippen LogP contribution in [0, 0.1) is 5.41 Å². The van der Waals surface area contributed by atoms with Gasteiger partial charge in [0.25, 0.3) is 0 Å². The third kappa shape index (κ3) is 1.57. The van der Waals surface area contributed by atoms with Gasteiger partial charge in [0.15, 0.2) is 0 Å². The molecular formula is C13H16N2O. The zero-order chi connectivity index (χ0) is 11.0. The molecule has 0 unspecified atom stereocenters. The first-order valence-corrected chi connectivity index (χ1v) is 5.73. The smallest absolute Gasteiger partial charge is 0.136 e. The van der Waals surface area contributed by atoms with Crippen molar-refractivity contribution in [2.75, 3.05) is 18.4 Å². The lowest BCUT2D eigenvalue weighted by molar-refractivity contribution is 0.554. The fraction of sp³-hybridized carbons (Fsp3) is 0.385. The number of hydrogen-bond acceptors (Lipinski definition) is 3. The van der Waals surface area contributed by atoms with E-state index in [4.69, 9.17) is 10.2 Å². The van der Waals surface area contributed by atoms with Crippen LogP contribution < -0.4 is 11.1 Å². The first-order valence-electron chi connectivity index (χ1n) is 5.73. The Labute approximate surface area is 94.6 Å². The van der Waals surface area contributed by atoms with Gasteiger partial charge < -0.3 is 15.5 Å². The Morgan fingerprint density at radius 2 is 2.12 bits per heavy atom. The molecule has 2 aromatic rings. The number of hydrogen-bond donors (Lipinski definition) is 2. The van der Waals surface area contributed by atoms with Crippen LogP contribution >= 0.6 is 0 Å². The van der Waals surface area contributed by atoms with Crippen molar-refractivity contribution in [1.82, 2.24) is 0 Å². The van der Waals surface area contributed by atoms with Gasteiger partial charge in [-0.05, 0) is 36.9 Å². The number of benzene rings is 1. The lowest BCUT2D eigenvalue weighted by Gasteiger charge is -2.13. The summed E-state index contributed by atoms with van der Waals surface area (Å²) in [6, 6.07) is 8.07. The molecule has 0 saturated heterocycles. The highest BCUT2D eigenvalue weighted by molar-refractivity contribution is 5.90. The summed E-state index contributed by atoms with van der Waals surface area (Å²) >= 11 is 0. The number of nitrogens with one attached hydrogen (secondary N) is 1. The minimum absolute atomic E-state index is 0.346. The quantitative estimate of drug-likeness (QED) is 0.825. The maximum absolute atomic E-state index is 5.76. The number of nitrogens with two attached hydrogens (primary N) is 1. The minimum atomic E-state index is 0.346. The van der Waals surface area contributed by atoms with E-state index in [0.29, 0.717) is 5.41 Å². The maximum atomic E-state index is 5.76. The van der Waals surface area contributed by atoms with Crippen molar-refractivity contribution in [2.24, 2.45) is 11.1 Å². The fourth-order valence-electron chi connectivity index (χ4n) is 2.03. The molecule has 0 amide bonds. The SMILES string of the molecule is NCC1(CNc2coc3ccccc23)CC1. The second kappa shape index (κ2) is 3.52. The van der Waals surface area contributed by atoms with E-state index in [-0.39, 0.29) is 0 Å². The van der Waals surface area contributed by atoms with Gasteiger partial charge in [0.1, 0.15) is 11.8 Å². The Morgan fingerprint density at radius 1 is 1.31 bits per heavy atom. The lowest BCUT2D eigenvalue weighted by Crippen LogP contribution is -2.24. The van der Waals surface area contributed by atoms with E-state index < -0.39 is 0 Å². The molecule has 0 aliphatic heterocycles. The van der Waals surface area contributed by atoms with Gasteiger partial charge in [-0.3, -0.25) is 0 Å². The van der Waals surface area contributed by atoms with E-state index in [9.17, 15) is 0 Å². The largest absolute Gasteiger partial charge is 0.462 e. The highest BCUT2D eigenvalue weighted by atomic mass is 16.3. The Morgan fingerprint density at radius 3 is 2.88 bits per heavy atom. The van der Waals surface area contributed by atoms with E-state index in [2.05, 4.69) is 11.4 Å². The van der Waals surface area contributed by atoms with E-state index in [1.165, 1.54) is 12.8 Å². The molecule has 0 spiro atoms. The van der Waals surface area contributed by atoms with Crippen LogP contribution in [-0.2, 0) is 0 Å². The summed E-state index contributed by atoms with van der Waals surface area (Å²) in [6.45, 7) is 1.73. The van der Waals surface area contributed by atoms with Crippen molar-refractivity contribution >= 4 is 16.7 Å². The highest BCUT2D eigenvalue weighted by Crippen LogP contribution is 2.44. The third-order valence-electron chi connectivity index (χ3n) is 3.52. The molecule has 0 bridgehead atoms. The van der Waals surface area contributed by atoms with Gasteiger partial charge in [0, 0.05) is 11.9 Å². The number of fused-ring (bicyclic) bond motifs is 1. The first kappa shape index (κ1) is 9.73. The molecule has 0 radical (unpaired) electrons. The second-order valence-corrected chi connectivity index (χ2v) is 4.70. The molecule has 1 aromatic heterocycles. The topological polar surface area (TPSA) is 51.2 Å². The van der Waals surface area contributed by atoms with E-state index in [1.54, 1.807) is 6.26 Å². The minimum Gasteiger partial charge on any atom is -0.462 e. The summed E-state index contributed by atoms with van der Waals surface area (Å²) in [5.41, 5.74) is 8.12. The molecule has 3 N–H and O–H groups in total. The van der Waals surface area contributed by atoms with Gasteiger partial charge in [-0.2, -0.15) is 0 Å². The standard InChI is InChI=1S/C13H16N2O/c14-8-13(5-6-13)9-15-11-7-16-12-4-2-1-3-10(11)12/h1-4,7,15H,5-6,8-9,14H2. The molecule has 1 aliphatic rings. The average Bonchev–Trinajstić information content (AvgIpc) is 3.01. The molecule has 1 saturated carbocycles. The molecular weight excluding hydrogens is 200 g/mol. The third-order valence-corrected chi connectivity index (χ3v) is 3.52. The summed E-state index contributed by atoms with van der Waals surface area (Å²) in [4.78, 5) is 0. The Balaban J connectivity index is 1.79. The van der Waals surface area contributed by atoms with Crippen LogP contribution in [0.5, 0.6) is 0 Å². The van der Waals surface area contributed by atoms with E-state index >= 15 is 0 Å². The van der Waals surface area contributed by atoms with Crippen LogP contribution in [-0.4, -0.2) is 13.1 Å². The van der Waals surface area contributed by atoms with Crippen LogP contribution in [0.2, 0.25) is 0 Å². The molecule has 1 heterocycles. The molecule has 1 fully saturated rings. The monoisotopic (exact) mass is 216 g/mol. The highest BCUT2D eigenvalue weighted by Gasteiger charge is 2.40. The van der Waals surface area contributed by atoms with Crippen molar-refractivity contribution < 1.29 is 4.42 Å². The predicted molar refractivity (Wildman–Crippen MR) is 65.4 cm³/mol. The van der Waals surface area contributed by atoms with Crippen molar-refractivity contribution in [1.29, 1.82) is 0 Å². The number of anilines is 1. The molecule has 16 heavy (non-hydrogen) atoms. The summed E-state index contributed by atoms with van der Waals surface area (Å²) in [6.07, 6.45) is 4.27. The lowest BCUT2D eigenvalue weighted by atomic mass is 10.1. The van der Waals surface area contributed by atoms with Crippen LogP contribution in [0.3, 0.4) is 0 Å². The zero-order valence-electron chi connectivity index (χ0n) is 9.20. The molecule has 3 heteroatoms. The molecule has 84 valence electrons. The van der Waals surface area contributed by atoms with Gasteiger partial charge >= 0.3 is 0 Å². The van der Waals surface area contributed by atoms with Gasteiger partial charge in [-0.1, -0.05) is 12.1 Å². The summed E-state index contributed by atoms with van der Waals surface area (Å²) in [7, 11) is 0. The van der Waals surface area contributed by atoms with Gasteiger partial charge in [-0.25, -0.2) is 0 Å². The molecule has 3 nitrogen and oxygen atoms in total. The Kier molecular flexibility index (Phi) is 2.14. The molecule has 3 rings (SSSR count). The van der Waals surface area contributed by atoms with Crippen molar-refractivity contribution in [2.45, 2.75) is 12.8 Å². The van der Waals surface area contributed by atoms with Crippen LogP contribution in [0.25, 0.3) is 11.0 Å². The first-order chi connectivity index (χ1) is 7.83. The Bertz CT molecular complexity index is 499. The van der Waals surface area contributed by atoms with Crippen LogP contribution in [0.4, 0.5) is 5.69 Å². The van der Waals surface area contributed by atoms with Gasteiger partial charge in [-0.15, -0.1) is 0 Å². The average molecular weight is 216 g/mol. The number of rotatable bonds is 4. The maximum Gasteiger partial charge on any atom is 0.136 e. The van der Waals surface area contributed by atoms with Crippen molar-refractivity contribution in [3.63, 3.8) is 0 Å². The Hall–Kier alpha value is -1.48. The van der Waals surface area contributed by atoms with Gasteiger partial charge in [0.05, 0.1) is 5.69 Å². The molecule has 1 aromatic carbocycles. The fourth-order valence-corrected chi connectivity index (χ4v) is 2.03. The second-order valence-electron chi connectivity index (χ2n) is 4.70. The summed E-state index contributed by atoms with van der Waals surface area (Å²) in [5, 5.41) is 4.60. The summed E-state index contributed by atoms with van der Waals surface area (Å²) < 4.78 is 5.47. The van der Waals surface area contributed by atoms with Crippen LogP contribution in [0.1, 0.15) is 12.8 Å². The normalized spacial score (nSPS) is 17.6.